The van der Waals surface area contributed by atoms with Crippen LogP contribution in [0.2, 0.25) is 0 Å². The van der Waals surface area contributed by atoms with E-state index in [1.165, 1.54) is 19.2 Å². The molecule has 12 heterocycles. The van der Waals surface area contributed by atoms with Crippen LogP contribution >= 0.6 is 0 Å². The number of aromatic nitrogens is 14. The first-order valence-corrected chi connectivity index (χ1v) is 27.0. The van der Waals surface area contributed by atoms with Crippen molar-refractivity contribution in [3.8, 4) is 44.8 Å². The third-order valence-electron chi connectivity index (χ3n) is 15.9. The number of aromatic amines is 2. The van der Waals surface area contributed by atoms with Crippen LogP contribution in [0.5, 0.6) is 0 Å². The van der Waals surface area contributed by atoms with E-state index in [0.29, 0.717) is 48.5 Å². The molecule has 8 N–H and O–H groups in total. The first kappa shape index (κ1) is 52.4. The Bertz CT molecular complexity index is 3770. The number of nitrogens with zero attached hydrogens (tertiary/aromatic N) is 13. The number of ether oxygens (including phenoxy) is 2. The van der Waals surface area contributed by atoms with E-state index in [0.717, 1.165) is 118 Å². The van der Waals surface area contributed by atoms with Gasteiger partial charge in [0.1, 0.15) is 24.3 Å². The molecule has 10 aromatic rings. The number of pyridine rings is 2. The van der Waals surface area contributed by atoms with Crippen LogP contribution in [0.4, 0.5) is 11.6 Å². The van der Waals surface area contributed by atoms with Gasteiger partial charge < -0.3 is 36.3 Å². The van der Waals surface area contributed by atoms with Gasteiger partial charge in [0.2, 0.25) is 11.6 Å². The zero-order valence-electron chi connectivity index (χ0n) is 44.6. The maximum Gasteiger partial charge on any atom is 0.373 e. The van der Waals surface area contributed by atoms with Crippen molar-refractivity contribution in [3.63, 3.8) is 0 Å². The van der Waals surface area contributed by atoms with Crippen molar-refractivity contribution in [2.24, 2.45) is 0 Å². The summed E-state index contributed by atoms with van der Waals surface area (Å²) in [6.45, 7) is 0.769. The van der Waals surface area contributed by atoms with Gasteiger partial charge in [-0.25, -0.2) is 24.7 Å². The van der Waals surface area contributed by atoms with E-state index in [-0.39, 0.29) is 35.6 Å². The number of methoxy groups -OCH3 is 2. The number of rotatable bonds is 12. The summed E-state index contributed by atoms with van der Waals surface area (Å²) < 4.78 is 14.5. The lowest BCUT2D eigenvalue weighted by molar-refractivity contribution is 0.0555. The number of carbonyl (C=O) groups is 2. The molecule has 8 aromatic heterocycles. The Hall–Kier alpha value is -9.32. The van der Waals surface area contributed by atoms with E-state index in [9.17, 15) is 9.59 Å². The van der Waals surface area contributed by atoms with Crippen molar-refractivity contribution in [1.82, 2.24) is 79.7 Å². The number of carbonyl (C=O) groups excluding carboxylic acids is 1. The van der Waals surface area contributed by atoms with Gasteiger partial charge in [0.05, 0.1) is 48.4 Å². The average molecular weight is 1090 g/mol. The summed E-state index contributed by atoms with van der Waals surface area (Å²) in [4.78, 5) is 52.3. The number of H-pyrrole nitrogens is 2. The van der Waals surface area contributed by atoms with Gasteiger partial charge in [0.15, 0.2) is 11.3 Å². The minimum atomic E-state index is -1.09. The third-order valence-corrected chi connectivity index (χ3v) is 15.9. The second kappa shape index (κ2) is 22.8. The number of piperidine rings is 2. The summed E-state index contributed by atoms with van der Waals surface area (Å²) in [6, 6.07) is 29.8. The van der Waals surface area contributed by atoms with Crippen LogP contribution in [0.3, 0.4) is 0 Å². The first-order chi connectivity index (χ1) is 39.6. The largest absolute Gasteiger partial charge is 0.475 e. The Balaban J connectivity index is 0.000000143. The fourth-order valence-electron chi connectivity index (χ4n) is 12.2. The van der Waals surface area contributed by atoms with Crippen molar-refractivity contribution in [1.29, 1.82) is 0 Å². The van der Waals surface area contributed by atoms with Crippen LogP contribution in [-0.4, -0.2) is 130 Å². The second-order valence-corrected chi connectivity index (χ2v) is 20.8. The summed E-state index contributed by atoms with van der Waals surface area (Å²) in [5.41, 5.74) is 26.3. The van der Waals surface area contributed by atoms with Gasteiger partial charge in [-0.1, -0.05) is 72.8 Å². The maximum atomic E-state index is 13.2. The molecule has 4 fully saturated rings. The maximum absolute atomic E-state index is 13.2. The highest BCUT2D eigenvalue weighted by Gasteiger charge is 2.46. The predicted molar refractivity (Wildman–Crippen MR) is 300 cm³/mol. The minimum absolute atomic E-state index is 0.0898. The molecule has 0 radical (unpaired) electrons. The topological polar surface area (TPSA) is 309 Å². The van der Waals surface area contributed by atoms with Crippen LogP contribution < -0.4 is 16.8 Å². The first-order valence-electron chi connectivity index (χ1n) is 27.0. The summed E-state index contributed by atoms with van der Waals surface area (Å²) in [5.74, 6) is 0.616. The number of carboxylic acids is 1. The summed E-state index contributed by atoms with van der Waals surface area (Å²) >= 11 is 0. The third kappa shape index (κ3) is 10.4. The summed E-state index contributed by atoms with van der Waals surface area (Å²) in [7, 11) is 3.36. The molecule has 23 nitrogen and oxygen atoms in total. The zero-order valence-corrected chi connectivity index (χ0v) is 44.6. The lowest BCUT2D eigenvalue weighted by Gasteiger charge is -2.38. The van der Waals surface area contributed by atoms with Crippen molar-refractivity contribution < 1.29 is 24.2 Å². The van der Waals surface area contributed by atoms with Crippen LogP contribution in [0, 0.1) is 0 Å². The van der Waals surface area contributed by atoms with Gasteiger partial charge in [-0.3, -0.25) is 25.0 Å². The van der Waals surface area contributed by atoms with Gasteiger partial charge in [-0.2, -0.15) is 29.4 Å². The number of anilines is 2. The Labute approximate surface area is 464 Å². The van der Waals surface area contributed by atoms with Crippen molar-refractivity contribution in [2.45, 2.75) is 101 Å². The molecule has 23 heteroatoms. The second-order valence-electron chi connectivity index (χ2n) is 20.8. The fourth-order valence-corrected chi connectivity index (χ4v) is 12.2. The number of nitrogens with two attached hydrogens (primary N) is 2. The number of benzene rings is 2. The number of nitrogens with one attached hydrogen (secondary N) is 3. The highest BCUT2D eigenvalue weighted by atomic mass is 16.5. The van der Waals surface area contributed by atoms with E-state index in [4.69, 9.17) is 46.0 Å². The number of nitrogen functional groups attached to an aromatic ring is 2. The summed E-state index contributed by atoms with van der Waals surface area (Å²) in [6.07, 6.45) is 18.1. The Morgan fingerprint density at radius 3 is 1.46 bits per heavy atom. The fraction of sp³-hybridized carbons (Fsp3) is 0.310. The molecule has 4 aliphatic rings. The monoisotopic (exact) mass is 1090 g/mol. The number of fused-ring (bicyclic) bond motifs is 6. The van der Waals surface area contributed by atoms with E-state index in [1.807, 2.05) is 90.2 Å². The number of hydrogen-bond acceptors (Lipinski definition) is 17. The van der Waals surface area contributed by atoms with E-state index in [1.54, 1.807) is 29.4 Å². The highest BCUT2D eigenvalue weighted by molar-refractivity contribution is 5.91. The molecule has 4 aliphatic heterocycles. The Kier molecular flexibility index (Phi) is 14.7. The lowest BCUT2D eigenvalue weighted by atomic mass is 9.86. The van der Waals surface area contributed by atoms with E-state index in [2.05, 4.69) is 64.1 Å². The van der Waals surface area contributed by atoms with Crippen LogP contribution in [0.15, 0.2) is 122 Å². The molecule has 6 atom stereocenters. The molecule has 1 amide bonds. The van der Waals surface area contributed by atoms with Gasteiger partial charge in [0.25, 0.3) is 5.91 Å². The van der Waals surface area contributed by atoms with Crippen LogP contribution in [-0.2, 0) is 22.7 Å². The van der Waals surface area contributed by atoms with Crippen LogP contribution in [0.1, 0.15) is 107 Å². The Morgan fingerprint density at radius 2 is 1.05 bits per heavy atom. The molecule has 412 valence electrons. The molecule has 0 aliphatic carbocycles. The summed E-state index contributed by atoms with van der Waals surface area (Å²) in [5, 5.41) is 33.1. The van der Waals surface area contributed by atoms with Crippen molar-refractivity contribution in [2.75, 3.05) is 25.7 Å². The quantitative estimate of drug-likeness (QED) is 0.0688. The van der Waals surface area contributed by atoms with Gasteiger partial charge in [-0.05, 0) is 63.5 Å². The number of hydrogen-bond donors (Lipinski definition) is 6. The molecule has 2 aromatic carbocycles. The molecule has 81 heavy (non-hydrogen) atoms. The zero-order chi connectivity index (χ0) is 55.6. The van der Waals surface area contributed by atoms with Crippen LogP contribution in [0.25, 0.3) is 56.1 Å². The number of carboxylic acid groups (broad SMARTS) is 1. The standard InChI is InChI=1S/C29H29N9O2.C26H28N6O.C3H3N3O2/c1-40-15-23-25(19-11-20-8-9-21(12-19)37(20)29(39)27-32-16-33-36-27)35-28-22(14-34-38(28)26(23)30)18-7-10-24(31-13-18)17-5-3-2-4-6-17;1-33-15-22-24(18-11-19-8-9-20(12-18)30-19)31-26-21(14-29-32(26)25(22)27)17-7-10-23(28-13-17)16-5-3-2-4-6-16;7-3(8)2-4-1-5-6-2/h2-7,10,13-14,16,19-21H,8-9,11-12,15,30H2,1H3,(H,32,33,36);2-7,10,13-14,18-20,30H,8-9,11-12,15,27H2,1H3;1H,(H,7,8)(H,4,5,6)/t19?,20-,21+;18?,19-,20+;. The molecular formula is C58H60N18O5. The smallest absolute Gasteiger partial charge is 0.373 e. The normalized spacial score (nSPS) is 20.0. The SMILES string of the molecule is COCc1c(C2C[C@H]3CC[C@@H](C2)N3)nc2c(-c3ccc(-c4ccccc4)nc3)cnn2c1N.COCc1c(C2C[C@H]3CC[C@@H](C2)N3C(=O)c2ncn[nH]2)nc2c(-c3ccc(-c4ccccc4)nc3)cnn2c1N.O=C(O)c1ncn[nH]1. The molecule has 0 saturated carbocycles. The molecule has 4 saturated heterocycles. The lowest BCUT2D eigenvalue weighted by Crippen LogP contribution is -2.46. The van der Waals surface area contributed by atoms with Gasteiger partial charge in [0, 0.05) is 107 Å². The highest BCUT2D eigenvalue weighted by Crippen LogP contribution is 2.46. The molecule has 2 unspecified atom stereocenters. The minimum Gasteiger partial charge on any atom is -0.475 e. The average Bonchev–Trinajstić information content (AvgIpc) is 4.57. The van der Waals surface area contributed by atoms with Gasteiger partial charge >= 0.3 is 5.97 Å². The molecular weight excluding hydrogens is 1030 g/mol. The van der Waals surface area contributed by atoms with E-state index < -0.39 is 5.97 Å². The van der Waals surface area contributed by atoms with Crippen molar-refractivity contribution in [3.05, 3.63) is 157 Å². The Morgan fingerprint density at radius 1 is 0.580 bits per heavy atom. The number of aromatic carboxylic acids is 1. The molecule has 0 spiro atoms. The van der Waals surface area contributed by atoms with Crippen molar-refractivity contribution >= 4 is 34.8 Å². The number of amides is 1. The predicted octanol–water partition coefficient (Wildman–Crippen LogP) is 7.54. The molecule has 14 rings (SSSR count). The van der Waals surface area contributed by atoms with Gasteiger partial charge in [-0.15, -0.1) is 0 Å². The molecule has 4 bridgehead atoms. The van der Waals surface area contributed by atoms with E-state index >= 15 is 0 Å².